The molecule has 0 heterocycles. The van der Waals surface area contributed by atoms with E-state index in [1.54, 1.807) is 7.11 Å². The summed E-state index contributed by atoms with van der Waals surface area (Å²) in [4.78, 5) is 0. The lowest BCUT2D eigenvalue weighted by Crippen LogP contribution is -2.12. The highest BCUT2D eigenvalue weighted by Crippen LogP contribution is 2.31. The molecule has 1 N–H and O–H groups in total. The zero-order valence-corrected chi connectivity index (χ0v) is 13.8. The van der Waals surface area contributed by atoms with Gasteiger partial charge in [0.05, 0.1) is 7.11 Å². The molecule has 0 amide bonds. The number of nitrogens with one attached hydrogen (secondary N) is 1. The van der Waals surface area contributed by atoms with Crippen molar-refractivity contribution in [3.05, 3.63) is 52.0 Å². The Morgan fingerprint density at radius 1 is 1.10 bits per heavy atom. The molecular formula is C18H22ClNO. The van der Waals surface area contributed by atoms with Crippen LogP contribution in [0.25, 0.3) is 11.1 Å². The van der Waals surface area contributed by atoms with Crippen molar-refractivity contribution in [2.24, 2.45) is 0 Å². The summed E-state index contributed by atoms with van der Waals surface area (Å²) in [5, 5.41) is 4.17. The molecule has 0 spiro atoms. The third-order valence-electron chi connectivity index (χ3n) is 3.66. The van der Waals surface area contributed by atoms with Crippen LogP contribution in [-0.4, -0.2) is 13.7 Å². The van der Waals surface area contributed by atoms with E-state index in [-0.39, 0.29) is 0 Å². The highest BCUT2D eigenvalue weighted by molar-refractivity contribution is 6.31. The third kappa shape index (κ3) is 3.58. The molecule has 0 fully saturated rings. The lowest BCUT2D eigenvalue weighted by atomic mass is 9.96. The fraction of sp³-hybridized carbons (Fsp3) is 0.333. The van der Waals surface area contributed by atoms with Gasteiger partial charge in [-0.05, 0) is 66.9 Å². The molecule has 112 valence electrons. The molecule has 0 bridgehead atoms. The zero-order valence-electron chi connectivity index (χ0n) is 13.1. The van der Waals surface area contributed by atoms with Crippen LogP contribution < -0.4 is 10.1 Å². The monoisotopic (exact) mass is 303 g/mol. The van der Waals surface area contributed by atoms with Gasteiger partial charge in [0.25, 0.3) is 0 Å². The maximum absolute atomic E-state index is 6.19. The van der Waals surface area contributed by atoms with Crippen molar-refractivity contribution in [3.8, 4) is 16.9 Å². The summed E-state index contributed by atoms with van der Waals surface area (Å²) in [5.41, 5.74) is 5.87. The normalized spacial score (nSPS) is 10.7. The molecule has 0 aliphatic rings. The first-order chi connectivity index (χ1) is 10.1. The van der Waals surface area contributed by atoms with Crippen molar-refractivity contribution < 1.29 is 4.74 Å². The van der Waals surface area contributed by atoms with Gasteiger partial charge in [0, 0.05) is 17.1 Å². The number of halogens is 1. The summed E-state index contributed by atoms with van der Waals surface area (Å²) in [6.45, 7) is 7.97. The molecule has 0 atom stereocenters. The van der Waals surface area contributed by atoms with Crippen LogP contribution in [0.1, 0.15) is 23.6 Å². The Hall–Kier alpha value is -1.51. The van der Waals surface area contributed by atoms with Crippen LogP contribution >= 0.6 is 11.6 Å². The van der Waals surface area contributed by atoms with Crippen molar-refractivity contribution in [3.63, 3.8) is 0 Å². The maximum Gasteiger partial charge on any atom is 0.123 e. The van der Waals surface area contributed by atoms with Gasteiger partial charge in [-0.2, -0.15) is 0 Å². The van der Waals surface area contributed by atoms with Gasteiger partial charge in [-0.3, -0.25) is 0 Å². The van der Waals surface area contributed by atoms with Crippen LogP contribution in [0.2, 0.25) is 5.02 Å². The molecule has 0 aliphatic carbocycles. The zero-order chi connectivity index (χ0) is 15.4. The summed E-state index contributed by atoms with van der Waals surface area (Å²) < 4.78 is 5.45. The molecule has 2 aromatic carbocycles. The second-order valence-corrected chi connectivity index (χ2v) is 5.63. The van der Waals surface area contributed by atoms with E-state index < -0.39 is 0 Å². The molecule has 0 saturated heterocycles. The van der Waals surface area contributed by atoms with Gasteiger partial charge in [0.1, 0.15) is 5.75 Å². The van der Waals surface area contributed by atoms with E-state index in [1.165, 1.54) is 22.3 Å². The van der Waals surface area contributed by atoms with Gasteiger partial charge >= 0.3 is 0 Å². The molecule has 0 unspecified atom stereocenters. The van der Waals surface area contributed by atoms with E-state index in [0.29, 0.717) is 0 Å². The average Bonchev–Trinajstić information content (AvgIpc) is 2.48. The molecule has 2 aromatic rings. The lowest BCUT2D eigenvalue weighted by Gasteiger charge is -2.14. The fourth-order valence-corrected chi connectivity index (χ4v) is 2.65. The molecule has 0 aliphatic heterocycles. The fourth-order valence-electron chi connectivity index (χ4n) is 2.44. The predicted molar refractivity (Wildman–Crippen MR) is 90.3 cm³/mol. The Morgan fingerprint density at radius 2 is 1.86 bits per heavy atom. The maximum atomic E-state index is 6.19. The van der Waals surface area contributed by atoms with Crippen LogP contribution in [0.15, 0.2) is 30.3 Å². The van der Waals surface area contributed by atoms with Gasteiger partial charge in [-0.1, -0.05) is 24.6 Å². The molecule has 2 nitrogen and oxygen atoms in total. The van der Waals surface area contributed by atoms with E-state index in [0.717, 1.165) is 29.4 Å². The first kappa shape index (κ1) is 15.9. The second-order valence-electron chi connectivity index (χ2n) is 5.22. The number of ether oxygens (including phenoxy) is 1. The molecule has 0 aromatic heterocycles. The van der Waals surface area contributed by atoms with Crippen molar-refractivity contribution in [2.75, 3.05) is 13.7 Å². The number of aryl methyl sites for hydroxylation is 2. The summed E-state index contributed by atoms with van der Waals surface area (Å²) in [5.74, 6) is 0.919. The summed E-state index contributed by atoms with van der Waals surface area (Å²) in [6, 6.07) is 10.5. The van der Waals surface area contributed by atoms with Crippen LogP contribution in [-0.2, 0) is 6.54 Å². The van der Waals surface area contributed by atoms with E-state index in [4.69, 9.17) is 16.3 Å². The lowest BCUT2D eigenvalue weighted by molar-refractivity contribution is 0.408. The van der Waals surface area contributed by atoms with Crippen molar-refractivity contribution >= 4 is 11.6 Å². The summed E-state index contributed by atoms with van der Waals surface area (Å²) in [6.07, 6.45) is 0. The molecule has 2 rings (SSSR count). The highest BCUT2D eigenvalue weighted by Gasteiger charge is 2.09. The number of methoxy groups -OCH3 is 1. The van der Waals surface area contributed by atoms with E-state index in [9.17, 15) is 0 Å². The third-order valence-corrected chi connectivity index (χ3v) is 4.07. The first-order valence-corrected chi connectivity index (χ1v) is 7.59. The van der Waals surface area contributed by atoms with Gasteiger partial charge in [0.2, 0.25) is 0 Å². The minimum Gasteiger partial charge on any atom is -0.496 e. The first-order valence-electron chi connectivity index (χ1n) is 7.21. The quantitative estimate of drug-likeness (QED) is 0.861. The second kappa shape index (κ2) is 6.97. The summed E-state index contributed by atoms with van der Waals surface area (Å²) >= 11 is 6.19. The van der Waals surface area contributed by atoms with Crippen molar-refractivity contribution in [1.82, 2.24) is 5.32 Å². The van der Waals surface area contributed by atoms with Gasteiger partial charge < -0.3 is 10.1 Å². The number of hydrogen-bond donors (Lipinski definition) is 1. The molecule has 0 saturated carbocycles. The number of rotatable bonds is 5. The molecule has 3 heteroatoms. The Kier molecular flexibility index (Phi) is 5.27. The number of hydrogen-bond acceptors (Lipinski definition) is 2. The Labute approximate surface area is 132 Å². The Morgan fingerprint density at radius 3 is 2.52 bits per heavy atom. The van der Waals surface area contributed by atoms with Crippen LogP contribution in [0.3, 0.4) is 0 Å². The Bertz CT molecular complexity index is 637. The van der Waals surface area contributed by atoms with Crippen LogP contribution in [0.4, 0.5) is 0 Å². The average molecular weight is 304 g/mol. The largest absolute Gasteiger partial charge is 0.496 e. The molecular weight excluding hydrogens is 282 g/mol. The smallest absolute Gasteiger partial charge is 0.123 e. The minimum absolute atomic E-state index is 0.805. The van der Waals surface area contributed by atoms with E-state index >= 15 is 0 Å². The summed E-state index contributed by atoms with van der Waals surface area (Å²) in [7, 11) is 1.71. The van der Waals surface area contributed by atoms with Crippen LogP contribution in [0, 0.1) is 13.8 Å². The predicted octanol–water partition coefficient (Wildman–Crippen LogP) is 4.74. The highest BCUT2D eigenvalue weighted by atomic mass is 35.5. The standard InChI is InChI=1S/C18H22ClNO/c1-5-20-11-15-10-14(6-7-18(15)21-4)16-8-13(3)17(19)9-12(16)2/h6-10,20H,5,11H2,1-4H3. The number of benzene rings is 2. The van der Waals surface area contributed by atoms with Crippen molar-refractivity contribution in [1.29, 1.82) is 0 Å². The minimum atomic E-state index is 0.805. The van der Waals surface area contributed by atoms with Gasteiger partial charge in [-0.15, -0.1) is 0 Å². The van der Waals surface area contributed by atoms with Crippen molar-refractivity contribution in [2.45, 2.75) is 27.3 Å². The van der Waals surface area contributed by atoms with Crippen LogP contribution in [0.5, 0.6) is 5.75 Å². The topological polar surface area (TPSA) is 21.3 Å². The molecule has 21 heavy (non-hydrogen) atoms. The Balaban J connectivity index is 2.47. The molecule has 0 radical (unpaired) electrons. The van der Waals surface area contributed by atoms with E-state index in [2.05, 4.69) is 37.4 Å². The van der Waals surface area contributed by atoms with Gasteiger partial charge in [0.15, 0.2) is 0 Å². The van der Waals surface area contributed by atoms with E-state index in [1.807, 2.05) is 19.1 Å². The van der Waals surface area contributed by atoms with Gasteiger partial charge in [-0.25, -0.2) is 0 Å². The SMILES string of the molecule is CCNCc1cc(-c2cc(C)c(Cl)cc2C)ccc1OC.